The molecule has 0 aliphatic carbocycles. The Morgan fingerprint density at radius 3 is 2.66 bits per heavy atom. The second kappa shape index (κ2) is 11.5. The van der Waals surface area contributed by atoms with Gasteiger partial charge >= 0.3 is 0 Å². The quantitative estimate of drug-likeness (QED) is 0.397. The first kappa shape index (κ1) is 22.8. The highest BCUT2D eigenvalue weighted by molar-refractivity contribution is 9.10. The monoisotopic (exact) mass is 479 g/mol. The van der Waals surface area contributed by atoms with Gasteiger partial charge in [0.25, 0.3) is 11.8 Å². The van der Waals surface area contributed by atoms with Crippen LogP contribution in [0.4, 0.5) is 5.69 Å². The Labute approximate surface area is 183 Å². The van der Waals surface area contributed by atoms with E-state index in [-0.39, 0.29) is 11.0 Å². The molecule has 0 saturated carbocycles. The molecule has 2 aromatic rings. The minimum atomic E-state index is -0.402. The summed E-state index contributed by atoms with van der Waals surface area (Å²) in [4.78, 5) is 24.7. The molecule has 29 heavy (non-hydrogen) atoms. The Balaban J connectivity index is 2.02. The van der Waals surface area contributed by atoms with Gasteiger partial charge in [-0.3, -0.25) is 14.9 Å². The number of benzene rings is 2. The minimum Gasteiger partial charge on any atom is -0.493 e. The third kappa shape index (κ3) is 7.12. The summed E-state index contributed by atoms with van der Waals surface area (Å²) >= 11 is 8.58. The molecule has 0 heterocycles. The van der Waals surface area contributed by atoms with Crippen LogP contribution in [0.25, 0.3) is 0 Å². The lowest BCUT2D eigenvalue weighted by atomic mass is 10.2. The van der Waals surface area contributed by atoms with Gasteiger partial charge in [0.15, 0.2) is 5.11 Å². The van der Waals surface area contributed by atoms with Gasteiger partial charge in [-0.25, -0.2) is 0 Å². The number of nitrogens with one attached hydrogen (secondary N) is 3. The summed E-state index contributed by atoms with van der Waals surface area (Å²) in [5, 5.41) is 8.39. The summed E-state index contributed by atoms with van der Waals surface area (Å²) in [6.07, 6.45) is 0. The lowest BCUT2D eigenvalue weighted by molar-refractivity contribution is 0.0935. The first-order chi connectivity index (χ1) is 13.9. The number of thiocarbonyl (C=S) groups is 1. The summed E-state index contributed by atoms with van der Waals surface area (Å²) in [5.74, 6) is -0.164. The maximum atomic E-state index is 12.6. The summed E-state index contributed by atoms with van der Waals surface area (Å²) < 4.78 is 11.2. The molecule has 0 aliphatic rings. The number of carbonyl (C=O) groups excluding carboxylic acids is 2. The smallest absolute Gasteiger partial charge is 0.261 e. The van der Waals surface area contributed by atoms with Crippen molar-refractivity contribution in [2.75, 3.05) is 32.2 Å². The van der Waals surface area contributed by atoms with Gasteiger partial charge in [-0.15, -0.1) is 0 Å². The van der Waals surface area contributed by atoms with Gasteiger partial charge in [-0.2, -0.15) is 0 Å². The molecule has 0 spiro atoms. The average molecular weight is 480 g/mol. The molecule has 0 aliphatic heterocycles. The fourth-order valence-electron chi connectivity index (χ4n) is 2.40. The number of methoxy groups -OCH3 is 1. The van der Waals surface area contributed by atoms with Gasteiger partial charge in [0.2, 0.25) is 0 Å². The van der Waals surface area contributed by atoms with Crippen LogP contribution in [0.5, 0.6) is 5.75 Å². The largest absolute Gasteiger partial charge is 0.493 e. The predicted molar refractivity (Wildman–Crippen MR) is 120 cm³/mol. The molecule has 2 amide bonds. The van der Waals surface area contributed by atoms with Crippen LogP contribution in [0.2, 0.25) is 0 Å². The van der Waals surface area contributed by atoms with E-state index in [9.17, 15) is 9.59 Å². The molecule has 2 aromatic carbocycles. The molecule has 7 nitrogen and oxygen atoms in total. The molecule has 0 unspecified atom stereocenters. The predicted octanol–water partition coefficient (Wildman–Crippen LogP) is 3.35. The van der Waals surface area contributed by atoms with E-state index >= 15 is 0 Å². The van der Waals surface area contributed by atoms with Crippen LogP contribution in [0.3, 0.4) is 0 Å². The van der Waals surface area contributed by atoms with Gasteiger partial charge in [-0.05, 0) is 55.5 Å². The van der Waals surface area contributed by atoms with Crippen LogP contribution >= 0.6 is 28.1 Å². The number of anilines is 1. The van der Waals surface area contributed by atoms with Crippen molar-refractivity contribution in [3.63, 3.8) is 0 Å². The molecule has 9 heteroatoms. The Morgan fingerprint density at radius 1 is 1.14 bits per heavy atom. The molecule has 154 valence electrons. The van der Waals surface area contributed by atoms with Crippen molar-refractivity contribution >= 4 is 50.8 Å². The standard InChI is InChI=1S/C20H22BrN3O4S/c1-3-28-17-8-7-14(21)12-16(17)19(26)24-20(29)23-15-6-4-5-13(11-15)18(25)22-9-10-27-2/h4-8,11-12H,3,9-10H2,1-2H3,(H,22,25)(H2,23,24,26,29). The Morgan fingerprint density at radius 2 is 1.93 bits per heavy atom. The van der Waals surface area contributed by atoms with Gasteiger partial charge in [0.05, 0.1) is 18.8 Å². The van der Waals surface area contributed by atoms with Crippen LogP contribution in [0.1, 0.15) is 27.6 Å². The molecular weight excluding hydrogens is 458 g/mol. The van der Waals surface area contributed by atoms with Gasteiger partial charge < -0.3 is 20.1 Å². The third-order valence-corrected chi connectivity index (χ3v) is 4.38. The van der Waals surface area contributed by atoms with Crippen molar-refractivity contribution in [2.45, 2.75) is 6.92 Å². The van der Waals surface area contributed by atoms with E-state index in [1.54, 1.807) is 49.6 Å². The van der Waals surface area contributed by atoms with Crippen LogP contribution in [-0.2, 0) is 4.74 Å². The Bertz CT molecular complexity index is 892. The van der Waals surface area contributed by atoms with Crippen molar-refractivity contribution in [3.05, 3.63) is 58.1 Å². The second-order valence-electron chi connectivity index (χ2n) is 5.81. The van der Waals surface area contributed by atoms with E-state index in [2.05, 4.69) is 31.9 Å². The molecule has 0 fully saturated rings. The Kier molecular flexibility index (Phi) is 9.04. The molecule has 0 atom stereocenters. The average Bonchev–Trinajstić information content (AvgIpc) is 2.69. The molecule has 2 rings (SSSR count). The van der Waals surface area contributed by atoms with E-state index in [1.165, 1.54) is 0 Å². The molecule has 0 radical (unpaired) electrons. The SMILES string of the molecule is CCOc1ccc(Br)cc1C(=O)NC(=S)Nc1cccc(C(=O)NCCOC)c1. The van der Waals surface area contributed by atoms with Crippen molar-refractivity contribution in [2.24, 2.45) is 0 Å². The highest BCUT2D eigenvalue weighted by Gasteiger charge is 2.15. The van der Waals surface area contributed by atoms with Gasteiger partial charge in [-0.1, -0.05) is 22.0 Å². The van der Waals surface area contributed by atoms with Gasteiger partial charge in [0.1, 0.15) is 5.75 Å². The van der Waals surface area contributed by atoms with E-state index in [1.807, 2.05) is 6.92 Å². The molecular formula is C20H22BrN3O4S. The maximum Gasteiger partial charge on any atom is 0.261 e. The fourth-order valence-corrected chi connectivity index (χ4v) is 2.97. The van der Waals surface area contributed by atoms with Crippen molar-refractivity contribution in [1.29, 1.82) is 0 Å². The zero-order chi connectivity index (χ0) is 21.2. The van der Waals surface area contributed by atoms with Crippen molar-refractivity contribution in [1.82, 2.24) is 10.6 Å². The summed E-state index contributed by atoms with van der Waals surface area (Å²) in [5.41, 5.74) is 1.40. The number of hydrogen-bond acceptors (Lipinski definition) is 5. The maximum absolute atomic E-state index is 12.6. The normalized spacial score (nSPS) is 10.2. The second-order valence-corrected chi connectivity index (χ2v) is 7.14. The highest BCUT2D eigenvalue weighted by Crippen LogP contribution is 2.23. The van der Waals surface area contributed by atoms with Crippen LogP contribution in [0, 0.1) is 0 Å². The number of hydrogen-bond donors (Lipinski definition) is 3. The van der Waals surface area contributed by atoms with E-state index < -0.39 is 5.91 Å². The topological polar surface area (TPSA) is 88.7 Å². The van der Waals surface area contributed by atoms with E-state index in [0.29, 0.717) is 42.3 Å². The number of amides is 2. The third-order valence-electron chi connectivity index (χ3n) is 3.69. The number of halogens is 1. The molecule has 3 N–H and O–H groups in total. The molecule has 0 saturated heterocycles. The zero-order valence-electron chi connectivity index (χ0n) is 16.1. The lowest BCUT2D eigenvalue weighted by Gasteiger charge is -2.13. The van der Waals surface area contributed by atoms with Crippen LogP contribution < -0.4 is 20.7 Å². The van der Waals surface area contributed by atoms with E-state index in [0.717, 1.165) is 4.47 Å². The number of carbonyl (C=O) groups is 2. The zero-order valence-corrected chi connectivity index (χ0v) is 18.5. The van der Waals surface area contributed by atoms with Crippen molar-refractivity contribution in [3.8, 4) is 5.75 Å². The molecule has 0 bridgehead atoms. The summed E-state index contributed by atoms with van der Waals surface area (Å²) in [7, 11) is 1.57. The Hall–Kier alpha value is -2.49. The van der Waals surface area contributed by atoms with Crippen LogP contribution in [-0.4, -0.2) is 43.8 Å². The lowest BCUT2D eigenvalue weighted by Crippen LogP contribution is -2.34. The van der Waals surface area contributed by atoms with Crippen molar-refractivity contribution < 1.29 is 19.1 Å². The number of rotatable bonds is 8. The number of ether oxygens (including phenoxy) is 2. The first-order valence-electron chi connectivity index (χ1n) is 8.86. The summed E-state index contributed by atoms with van der Waals surface area (Å²) in [6, 6.07) is 12.0. The van der Waals surface area contributed by atoms with Gasteiger partial charge in [0, 0.05) is 29.4 Å². The van der Waals surface area contributed by atoms with E-state index in [4.69, 9.17) is 21.7 Å². The molecule has 0 aromatic heterocycles. The van der Waals surface area contributed by atoms with Crippen LogP contribution in [0.15, 0.2) is 46.9 Å². The first-order valence-corrected chi connectivity index (χ1v) is 10.1. The summed E-state index contributed by atoms with van der Waals surface area (Å²) in [6.45, 7) is 3.12. The highest BCUT2D eigenvalue weighted by atomic mass is 79.9. The fraction of sp³-hybridized carbons (Fsp3) is 0.250. The minimum absolute atomic E-state index is 0.106.